The Morgan fingerprint density at radius 1 is 0.912 bits per heavy atom. The maximum Gasteiger partial charge on any atom is 0.332 e. The molecular weight excluding hydrogens is 426 g/mol. The molecule has 2 aliphatic rings. The molecule has 174 valence electrons. The predicted molar refractivity (Wildman–Crippen MR) is 131 cm³/mol. The van der Waals surface area contributed by atoms with E-state index < -0.39 is 5.54 Å². The van der Waals surface area contributed by atoms with Crippen LogP contribution in [-0.2, 0) is 23.3 Å². The van der Waals surface area contributed by atoms with Gasteiger partial charge >= 0.3 is 6.03 Å². The maximum atomic E-state index is 13.5. The number of carbonyl (C=O) groups excluding carboxylic acids is 2. The van der Waals surface area contributed by atoms with Gasteiger partial charge in [-0.1, -0.05) is 26.0 Å². The van der Waals surface area contributed by atoms with Crippen LogP contribution in [0.25, 0.3) is 0 Å². The molecule has 1 aromatic carbocycles. The lowest BCUT2D eigenvalue weighted by atomic mass is 9.87. The molecule has 2 aliphatic heterocycles. The average molecular weight is 456 g/mol. The minimum Gasteiger partial charge on any atom is -0.364 e. The number of nitrogens with zero attached hydrogens (tertiary/aromatic N) is 5. The monoisotopic (exact) mass is 455 g/mol. The van der Waals surface area contributed by atoms with Gasteiger partial charge in [-0.15, -0.1) is 0 Å². The number of aromatic nitrogens is 2. The van der Waals surface area contributed by atoms with E-state index in [4.69, 9.17) is 0 Å². The number of urea groups is 1. The van der Waals surface area contributed by atoms with Crippen molar-refractivity contribution < 1.29 is 9.59 Å². The van der Waals surface area contributed by atoms with E-state index >= 15 is 0 Å². The summed E-state index contributed by atoms with van der Waals surface area (Å²) in [7, 11) is 0. The van der Waals surface area contributed by atoms with Crippen molar-refractivity contribution in [2.45, 2.75) is 51.7 Å². The molecule has 0 aliphatic carbocycles. The van der Waals surface area contributed by atoms with Crippen molar-refractivity contribution in [1.29, 1.82) is 0 Å². The van der Waals surface area contributed by atoms with Gasteiger partial charge in [0.2, 0.25) is 0 Å². The minimum absolute atomic E-state index is 0.0473. The van der Waals surface area contributed by atoms with Crippen LogP contribution in [0.5, 0.6) is 0 Å². The number of hydrogen-bond acceptors (Lipinski definition) is 5. The number of imide groups is 1. The summed E-state index contributed by atoms with van der Waals surface area (Å²) in [5.41, 5.74) is 3.76. The van der Waals surface area contributed by atoms with Gasteiger partial charge in [-0.25, -0.2) is 9.69 Å². The largest absolute Gasteiger partial charge is 0.364 e. The molecular formula is C27H29N5O2. The molecule has 34 heavy (non-hydrogen) atoms. The number of pyridine rings is 2. The lowest BCUT2D eigenvalue weighted by Gasteiger charge is -2.27. The zero-order valence-electron chi connectivity index (χ0n) is 20.0. The Hall–Kier alpha value is -3.74. The van der Waals surface area contributed by atoms with Gasteiger partial charge in [0.15, 0.2) is 0 Å². The van der Waals surface area contributed by atoms with Crippen LogP contribution in [0.4, 0.5) is 16.2 Å². The second-order valence-corrected chi connectivity index (χ2v) is 10.2. The fourth-order valence-electron chi connectivity index (χ4n) is 4.97. The van der Waals surface area contributed by atoms with E-state index in [2.05, 4.69) is 34.8 Å². The molecule has 0 bridgehead atoms. The number of benzene rings is 1. The number of hydrogen-bond donors (Lipinski definition) is 0. The predicted octanol–water partition coefficient (Wildman–Crippen LogP) is 4.52. The third kappa shape index (κ3) is 3.61. The molecule has 1 saturated heterocycles. The van der Waals surface area contributed by atoms with Crippen molar-refractivity contribution in [1.82, 2.24) is 14.9 Å². The molecule has 1 fully saturated rings. The van der Waals surface area contributed by atoms with Gasteiger partial charge in [0.25, 0.3) is 5.91 Å². The van der Waals surface area contributed by atoms with Crippen LogP contribution in [0, 0.1) is 0 Å². The quantitative estimate of drug-likeness (QED) is 0.529. The second-order valence-electron chi connectivity index (χ2n) is 10.2. The summed E-state index contributed by atoms with van der Waals surface area (Å²) in [4.78, 5) is 40.8. The Bertz CT molecular complexity index is 1240. The van der Waals surface area contributed by atoms with Crippen molar-refractivity contribution in [3.8, 4) is 0 Å². The molecule has 3 aromatic rings. The number of carbonyl (C=O) groups is 2. The van der Waals surface area contributed by atoms with Crippen LogP contribution in [-0.4, -0.2) is 38.9 Å². The smallest absolute Gasteiger partial charge is 0.332 e. The summed E-state index contributed by atoms with van der Waals surface area (Å²) in [6, 6.07) is 15.3. The highest BCUT2D eigenvalue weighted by molar-refractivity contribution is 6.23. The maximum absolute atomic E-state index is 13.5. The zero-order valence-corrected chi connectivity index (χ0v) is 20.0. The lowest BCUT2D eigenvalue weighted by molar-refractivity contribution is -0.123. The molecule has 0 saturated carbocycles. The number of amides is 3. The van der Waals surface area contributed by atoms with Gasteiger partial charge in [-0.2, -0.15) is 0 Å². The first kappa shape index (κ1) is 22.1. The molecule has 0 N–H and O–H groups in total. The first-order chi connectivity index (χ1) is 16.2. The first-order valence-corrected chi connectivity index (χ1v) is 11.5. The summed E-state index contributed by atoms with van der Waals surface area (Å²) in [5.74, 6) is -0.222. The van der Waals surface area contributed by atoms with Gasteiger partial charge in [0.1, 0.15) is 5.54 Å². The topological polar surface area (TPSA) is 69.6 Å². The Labute approximate surface area is 200 Å². The fourth-order valence-corrected chi connectivity index (χ4v) is 4.97. The molecule has 0 spiro atoms. The van der Waals surface area contributed by atoms with Crippen molar-refractivity contribution in [2.24, 2.45) is 0 Å². The van der Waals surface area contributed by atoms with Crippen molar-refractivity contribution in [2.75, 3.05) is 16.3 Å². The Balaban J connectivity index is 1.49. The minimum atomic E-state index is -0.952. The van der Waals surface area contributed by atoms with Gasteiger partial charge < -0.3 is 9.80 Å². The van der Waals surface area contributed by atoms with Crippen molar-refractivity contribution >= 4 is 23.3 Å². The molecule has 3 amide bonds. The van der Waals surface area contributed by atoms with Crippen LogP contribution in [0.15, 0.2) is 67.1 Å². The van der Waals surface area contributed by atoms with E-state index in [1.54, 1.807) is 37.3 Å². The van der Waals surface area contributed by atoms with E-state index in [1.165, 1.54) is 10.5 Å². The molecule has 0 atom stereocenters. The molecule has 0 unspecified atom stereocenters. The fraction of sp³-hybridized carbons (Fsp3) is 0.333. The van der Waals surface area contributed by atoms with Gasteiger partial charge in [0.05, 0.1) is 17.9 Å². The third-order valence-electron chi connectivity index (χ3n) is 6.89. The van der Waals surface area contributed by atoms with Crippen molar-refractivity contribution in [3.05, 3.63) is 83.9 Å². The van der Waals surface area contributed by atoms with E-state index in [9.17, 15) is 9.59 Å². The second kappa shape index (κ2) is 7.94. The molecule has 5 rings (SSSR count). The third-order valence-corrected chi connectivity index (χ3v) is 6.89. The van der Waals surface area contributed by atoms with Crippen LogP contribution in [0.2, 0.25) is 0 Å². The Morgan fingerprint density at radius 2 is 1.68 bits per heavy atom. The SMILES string of the molecule is CC1(C)CN(Cc2ccccn2)c2cc(N3C(=O)N(Cc4ccncc4)C(C)(C)C3=O)ccc21. The number of anilines is 2. The van der Waals surface area contributed by atoms with E-state index in [1.807, 2.05) is 42.5 Å². The average Bonchev–Trinajstić information content (AvgIpc) is 3.16. The van der Waals surface area contributed by atoms with E-state index in [-0.39, 0.29) is 17.4 Å². The molecule has 2 aromatic heterocycles. The first-order valence-electron chi connectivity index (χ1n) is 11.5. The summed E-state index contributed by atoms with van der Waals surface area (Å²) in [5, 5.41) is 0. The zero-order chi connectivity index (χ0) is 24.1. The lowest BCUT2D eigenvalue weighted by Crippen LogP contribution is -2.43. The highest BCUT2D eigenvalue weighted by Gasteiger charge is 2.52. The molecule has 7 nitrogen and oxygen atoms in total. The number of rotatable bonds is 5. The van der Waals surface area contributed by atoms with Gasteiger partial charge in [-0.3, -0.25) is 14.8 Å². The number of fused-ring (bicyclic) bond motifs is 1. The molecule has 0 radical (unpaired) electrons. The van der Waals surface area contributed by atoms with Crippen LogP contribution in [0.1, 0.15) is 44.5 Å². The molecule has 7 heteroatoms. The summed E-state index contributed by atoms with van der Waals surface area (Å²) in [6.45, 7) is 9.90. The van der Waals surface area contributed by atoms with Gasteiger partial charge in [-0.05, 0) is 61.4 Å². The summed E-state index contributed by atoms with van der Waals surface area (Å²) >= 11 is 0. The van der Waals surface area contributed by atoms with Gasteiger partial charge in [0, 0.05) is 42.8 Å². The van der Waals surface area contributed by atoms with Crippen molar-refractivity contribution in [3.63, 3.8) is 0 Å². The Kier molecular flexibility index (Phi) is 5.15. The summed E-state index contributed by atoms with van der Waals surface area (Å²) < 4.78 is 0. The highest BCUT2D eigenvalue weighted by atomic mass is 16.2. The van der Waals surface area contributed by atoms with Crippen LogP contribution < -0.4 is 9.80 Å². The van der Waals surface area contributed by atoms with E-state index in [0.29, 0.717) is 18.8 Å². The van der Waals surface area contributed by atoms with E-state index in [0.717, 1.165) is 23.5 Å². The highest BCUT2D eigenvalue weighted by Crippen LogP contribution is 2.44. The van der Waals surface area contributed by atoms with Crippen LogP contribution >= 0.6 is 0 Å². The summed E-state index contributed by atoms with van der Waals surface area (Å²) in [6.07, 6.45) is 5.19. The molecule has 4 heterocycles. The Morgan fingerprint density at radius 3 is 2.38 bits per heavy atom. The van der Waals surface area contributed by atoms with Crippen LogP contribution in [0.3, 0.4) is 0 Å². The normalized spacial score (nSPS) is 18.5. The standard InChI is InChI=1S/C27H29N5O2/c1-26(2)18-30(17-20-7-5-6-12-29-20)23-15-21(8-9-22(23)26)32-24(33)27(3,4)31(25(32)34)16-19-10-13-28-14-11-19/h5-15H,16-18H2,1-4H3.